The van der Waals surface area contributed by atoms with Crippen molar-refractivity contribution in [3.05, 3.63) is 64.7 Å². The number of carbonyl (C=O) groups excluding carboxylic acids is 1. The fourth-order valence-electron chi connectivity index (χ4n) is 2.51. The van der Waals surface area contributed by atoms with Gasteiger partial charge in [-0.1, -0.05) is 29.8 Å². The van der Waals surface area contributed by atoms with E-state index < -0.39 is 0 Å². The Bertz CT molecular complexity index is 639. The molecular weight excluding hydrogens is 272 g/mol. The van der Waals surface area contributed by atoms with Crippen molar-refractivity contribution in [2.24, 2.45) is 0 Å². The molecule has 1 N–H and O–H groups in total. The summed E-state index contributed by atoms with van der Waals surface area (Å²) in [6.07, 6.45) is 0.942. The van der Waals surface area contributed by atoms with Crippen LogP contribution in [0.25, 0.3) is 0 Å². The summed E-state index contributed by atoms with van der Waals surface area (Å²) in [4.78, 5) is 12.3. The van der Waals surface area contributed by atoms with Crippen LogP contribution in [0.1, 0.15) is 22.8 Å². The molecule has 0 bridgehead atoms. The van der Waals surface area contributed by atoms with Crippen molar-refractivity contribution in [2.45, 2.75) is 19.4 Å². The predicted octanol–water partition coefficient (Wildman–Crippen LogP) is 3.44. The third kappa shape index (κ3) is 2.37. The molecule has 102 valence electrons. The van der Waals surface area contributed by atoms with E-state index in [-0.39, 0.29) is 11.9 Å². The zero-order chi connectivity index (χ0) is 14.1. The fraction of sp³-hybridized carbons (Fsp3) is 0.188. The third-order valence-corrected chi connectivity index (χ3v) is 3.79. The first-order valence-corrected chi connectivity index (χ1v) is 6.96. The van der Waals surface area contributed by atoms with Gasteiger partial charge in [-0.25, -0.2) is 0 Å². The number of hydrogen-bond acceptors (Lipinski definition) is 2. The van der Waals surface area contributed by atoms with Gasteiger partial charge in [0.25, 0.3) is 5.91 Å². The summed E-state index contributed by atoms with van der Waals surface area (Å²) in [6.45, 7) is 2.10. The lowest BCUT2D eigenvalue weighted by molar-refractivity contribution is 0.0946. The van der Waals surface area contributed by atoms with Crippen molar-refractivity contribution < 1.29 is 4.79 Å². The number of rotatable bonds is 2. The van der Waals surface area contributed by atoms with Gasteiger partial charge in [0.15, 0.2) is 0 Å². The van der Waals surface area contributed by atoms with E-state index >= 15 is 0 Å². The van der Waals surface area contributed by atoms with Gasteiger partial charge >= 0.3 is 0 Å². The molecule has 2 aromatic carbocycles. The maximum atomic E-state index is 12.3. The maximum Gasteiger partial charge on any atom is 0.269 e. The Labute approximate surface area is 123 Å². The molecule has 1 aliphatic heterocycles. The molecule has 1 unspecified atom stereocenters. The quantitative estimate of drug-likeness (QED) is 0.917. The van der Waals surface area contributed by atoms with Crippen LogP contribution in [0.5, 0.6) is 0 Å². The predicted molar refractivity (Wildman–Crippen MR) is 81.0 cm³/mol. The standard InChI is InChI=1S/C16H15ClN2O/c1-11-10-13-4-2-3-5-15(13)19(11)18-16(20)12-6-8-14(17)9-7-12/h2-9,11H,10H2,1H3,(H,18,20). The monoisotopic (exact) mass is 286 g/mol. The zero-order valence-corrected chi connectivity index (χ0v) is 11.9. The van der Waals surface area contributed by atoms with E-state index in [1.54, 1.807) is 24.3 Å². The molecule has 0 radical (unpaired) electrons. The van der Waals surface area contributed by atoms with Crippen LogP contribution < -0.4 is 10.4 Å². The number of amides is 1. The molecule has 20 heavy (non-hydrogen) atoms. The molecule has 1 aliphatic rings. The van der Waals surface area contributed by atoms with E-state index in [0.717, 1.165) is 12.1 Å². The minimum absolute atomic E-state index is 0.120. The van der Waals surface area contributed by atoms with Gasteiger partial charge in [-0.15, -0.1) is 0 Å². The molecule has 0 aliphatic carbocycles. The summed E-state index contributed by atoms with van der Waals surface area (Å²) < 4.78 is 0. The smallest absolute Gasteiger partial charge is 0.269 e. The van der Waals surface area contributed by atoms with Crippen molar-refractivity contribution in [3.8, 4) is 0 Å². The largest absolute Gasteiger partial charge is 0.282 e. The summed E-state index contributed by atoms with van der Waals surface area (Å²) in [7, 11) is 0. The lowest BCUT2D eigenvalue weighted by Crippen LogP contribution is -2.45. The molecule has 1 heterocycles. The lowest BCUT2D eigenvalue weighted by Gasteiger charge is -2.25. The molecule has 4 heteroatoms. The highest BCUT2D eigenvalue weighted by atomic mass is 35.5. The van der Waals surface area contributed by atoms with Crippen LogP contribution in [0.15, 0.2) is 48.5 Å². The van der Waals surface area contributed by atoms with Gasteiger partial charge in [-0.2, -0.15) is 0 Å². The summed E-state index contributed by atoms with van der Waals surface area (Å²) in [5, 5.41) is 2.56. The Kier molecular flexibility index (Phi) is 3.36. The first-order valence-electron chi connectivity index (χ1n) is 6.59. The molecule has 2 aromatic rings. The number of hydrazine groups is 1. The number of carbonyl (C=O) groups is 1. The number of anilines is 1. The van der Waals surface area contributed by atoms with Crippen molar-refractivity contribution >= 4 is 23.2 Å². The number of halogens is 1. The normalized spacial score (nSPS) is 16.9. The minimum Gasteiger partial charge on any atom is -0.282 e. The molecule has 1 atom stereocenters. The highest BCUT2D eigenvalue weighted by Gasteiger charge is 2.27. The van der Waals surface area contributed by atoms with Crippen LogP contribution in [0.4, 0.5) is 5.69 Å². The van der Waals surface area contributed by atoms with Gasteiger partial charge in [0.1, 0.15) is 0 Å². The third-order valence-electron chi connectivity index (χ3n) is 3.54. The van der Waals surface area contributed by atoms with Gasteiger partial charge in [-0.05, 0) is 49.2 Å². The van der Waals surface area contributed by atoms with Gasteiger partial charge in [-0.3, -0.25) is 15.2 Å². The summed E-state index contributed by atoms with van der Waals surface area (Å²) >= 11 is 5.83. The number of benzene rings is 2. The molecule has 3 nitrogen and oxygen atoms in total. The topological polar surface area (TPSA) is 32.3 Å². The average molecular weight is 287 g/mol. The molecule has 0 fully saturated rings. The summed E-state index contributed by atoms with van der Waals surface area (Å²) in [5.74, 6) is -0.120. The average Bonchev–Trinajstić information content (AvgIpc) is 2.76. The molecule has 0 saturated heterocycles. The Morgan fingerprint density at radius 1 is 1.20 bits per heavy atom. The molecule has 0 saturated carbocycles. The van der Waals surface area contributed by atoms with E-state index in [1.807, 2.05) is 23.2 Å². The molecular formula is C16H15ClN2O. The maximum absolute atomic E-state index is 12.3. The van der Waals surface area contributed by atoms with Gasteiger partial charge in [0, 0.05) is 10.6 Å². The number of para-hydroxylation sites is 1. The molecule has 0 aromatic heterocycles. The van der Waals surface area contributed by atoms with Crippen molar-refractivity contribution in [3.63, 3.8) is 0 Å². The number of nitrogens with zero attached hydrogens (tertiary/aromatic N) is 1. The fourth-order valence-corrected chi connectivity index (χ4v) is 2.64. The Hall–Kier alpha value is -2.00. The Balaban J connectivity index is 1.81. The molecule has 1 amide bonds. The summed E-state index contributed by atoms with van der Waals surface area (Å²) in [6, 6.07) is 15.3. The summed E-state index contributed by atoms with van der Waals surface area (Å²) in [5.41, 5.74) is 5.91. The van der Waals surface area contributed by atoms with Crippen LogP contribution in [-0.2, 0) is 6.42 Å². The van der Waals surface area contributed by atoms with E-state index in [4.69, 9.17) is 11.6 Å². The first kappa shape index (κ1) is 13.0. The van der Waals surface area contributed by atoms with Gasteiger partial charge < -0.3 is 0 Å². The van der Waals surface area contributed by atoms with E-state index in [9.17, 15) is 4.79 Å². The van der Waals surface area contributed by atoms with E-state index in [2.05, 4.69) is 18.4 Å². The van der Waals surface area contributed by atoms with Crippen LogP contribution in [0.2, 0.25) is 5.02 Å². The lowest BCUT2D eigenvalue weighted by atomic mass is 10.1. The minimum atomic E-state index is -0.120. The van der Waals surface area contributed by atoms with E-state index in [1.165, 1.54) is 5.56 Å². The van der Waals surface area contributed by atoms with Crippen molar-refractivity contribution in [1.29, 1.82) is 0 Å². The van der Waals surface area contributed by atoms with Gasteiger partial charge in [0.2, 0.25) is 0 Å². The second kappa shape index (κ2) is 5.17. The van der Waals surface area contributed by atoms with Crippen LogP contribution in [0, 0.1) is 0 Å². The van der Waals surface area contributed by atoms with Crippen LogP contribution in [-0.4, -0.2) is 11.9 Å². The Morgan fingerprint density at radius 2 is 1.90 bits per heavy atom. The first-order chi connectivity index (χ1) is 9.65. The molecule has 0 spiro atoms. The van der Waals surface area contributed by atoms with Crippen LogP contribution in [0.3, 0.4) is 0 Å². The number of fused-ring (bicyclic) bond motifs is 1. The number of hydrogen-bond donors (Lipinski definition) is 1. The Morgan fingerprint density at radius 3 is 2.65 bits per heavy atom. The highest BCUT2D eigenvalue weighted by Crippen LogP contribution is 2.30. The van der Waals surface area contributed by atoms with Crippen molar-refractivity contribution in [1.82, 2.24) is 5.43 Å². The highest BCUT2D eigenvalue weighted by molar-refractivity contribution is 6.30. The van der Waals surface area contributed by atoms with Crippen molar-refractivity contribution in [2.75, 3.05) is 5.01 Å². The second-order valence-corrected chi connectivity index (χ2v) is 5.44. The second-order valence-electron chi connectivity index (χ2n) is 5.00. The number of nitrogens with one attached hydrogen (secondary N) is 1. The molecule has 3 rings (SSSR count). The van der Waals surface area contributed by atoms with Crippen LogP contribution >= 0.6 is 11.6 Å². The SMILES string of the molecule is CC1Cc2ccccc2N1NC(=O)c1ccc(Cl)cc1. The van der Waals surface area contributed by atoms with Gasteiger partial charge in [0.05, 0.1) is 11.7 Å². The van der Waals surface area contributed by atoms with E-state index in [0.29, 0.717) is 10.6 Å². The zero-order valence-electron chi connectivity index (χ0n) is 11.1.